The predicted octanol–water partition coefficient (Wildman–Crippen LogP) is 4.15. The molecule has 0 bridgehead atoms. The lowest BCUT2D eigenvalue weighted by atomic mass is 9.95. The number of thioether (sulfide) groups is 1. The summed E-state index contributed by atoms with van der Waals surface area (Å²) in [7, 11) is 0. The van der Waals surface area contributed by atoms with Gasteiger partial charge in [-0.05, 0) is 46.3 Å². The van der Waals surface area contributed by atoms with Gasteiger partial charge in [-0.2, -0.15) is 11.8 Å². The number of thiazole rings is 1. The highest BCUT2D eigenvalue weighted by molar-refractivity contribution is 14.0. The number of aliphatic imine (C=N–C) groups is 1. The monoisotopic (exact) mass is 482 g/mol. The van der Waals surface area contributed by atoms with Crippen LogP contribution in [-0.4, -0.2) is 41.6 Å². The Morgan fingerprint density at radius 3 is 2.79 bits per heavy atom. The van der Waals surface area contributed by atoms with Gasteiger partial charge in [0.25, 0.3) is 0 Å². The average Bonchev–Trinajstić information content (AvgIpc) is 2.85. The number of nitrogens with zero attached hydrogens (tertiary/aromatic N) is 2. The number of nitrogens with one attached hydrogen (secondary N) is 2. The number of hydrogen-bond donors (Lipinski definition) is 2. The number of aryl methyl sites for hydroxylation is 2. The number of aromatic nitrogens is 1. The molecule has 2 atom stereocenters. The van der Waals surface area contributed by atoms with Crippen LogP contribution in [-0.2, 0) is 6.42 Å². The van der Waals surface area contributed by atoms with E-state index in [2.05, 4.69) is 42.6 Å². The largest absolute Gasteiger partial charge is 0.357 e. The van der Waals surface area contributed by atoms with Gasteiger partial charge in [-0.25, -0.2) is 4.98 Å². The second-order valence-corrected chi connectivity index (χ2v) is 8.54. The van der Waals surface area contributed by atoms with Crippen LogP contribution < -0.4 is 10.6 Å². The molecule has 1 heterocycles. The minimum atomic E-state index is 0. The number of hydrogen-bond acceptors (Lipinski definition) is 4. The molecule has 1 aliphatic rings. The second-order valence-electron chi connectivity index (χ2n) is 6.12. The van der Waals surface area contributed by atoms with E-state index in [1.54, 1.807) is 11.3 Å². The molecule has 1 saturated carbocycles. The molecule has 138 valence electrons. The van der Waals surface area contributed by atoms with Crippen molar-refractivity contribution < 1.29 is 0 Å². The summed E-state index contributed by atoms with van der Waals surface area (Å²) in [6.45, 7) is 8.01. The van der Waals surface area contributed by atoms with E-state index in [4.69, 9.17) is 4.99 Å². The fraction of sp³-hybridized carbons (Fsp3) is 0.765. The maximum absolute atomic E-state index is 4.77. The lowest BCUT2D eigenvalue weighted by Gasteiger charge is -2.29. The van der Waals surface area contributed by atoms with E-state index < -0.39 is 0 Å². The van der Waals surface area contributed by atoms with Crippen LogP contribution in [0, 0.1) is 13.8 Å². The van der Waals surface area contributed by atoms with Crippen molar-refractivity contribution in [2.24, 2.45) is 4.99 Å². The first kappa shape index (κ1) is 22.0. The van der Waals surface area contributed by atoms with Crippen molar-refractivity contribution in [3.8, 4) is 0 Å². The minimum Gasteiger partial charge on any atom is -0.357 e. The Balaban J connectivity index is 0.00000288. The Bertz CT molecular complexity index is 519. The molecule has 0 aromatic carbocycles. The minimum absolute atomic E-state index is 0. The lowest BCUT2D eigenvalue weighted by Crippen LogP contribution is -2.45. The second kappa shape index (κ2) is 11.6. The SMILES string of the molecule is CCNC(=NCCc1sc(C)nc1C)NC1CCCC(SC)C1.I. The van der Waals surface area contributed by atoms with Crippen LogP contribution >= 0.6 is 47.1 Å². The summed E-state index contributed by atoms with van der Waals surface area (Å²) < 4.78 is 0. The van der Waals surface area contributed by atoms with Gasteiger partial charge < -0.3 is 10.6 Å². The number of rotatable bonds is 6. The van der Waals surface area contributed by atoms with E-state index in [9.17, 15) is 0 Å². The highest BCUT2D eigenvalue weighted by atomic mass is 127. The fourth-order valence-corrected chi connectivity index (χ4v) is 4.83. The third-order valence-corrected chi connectivity index (χ3v) is 6.48. The van der Waals surface area contributed by atoms with Gasteiger partial charge in [-0.15, -0.1) is 35.3 Å². The van der Waals surface area contributed by atoms with Gasteiger partial charge in [0.1, 0.15) is 0 Å². The van der Waals surface area contributed by atoms with E-state index in [1.165, 1.54) is 30.6 Å². The van der Waals surface area contributed by atoms with Crippen molar-refractivity contribution in [1.82, 2.24) is 15.6 Å². The molecular weight excluding hydrogens is 451 g/mol. The highest BCUT2D eigenvalue weighted by Crippen LogP contribution is 2.26. The lowest BCUT2D eigenvalue weighted by molar-refractivity contribution is 0.419. The molecule has 0 aliphatic heterocycles. The topological polar surface area (TPSA) is 49.3 Å². The summed E-state index contributed by atoms with van der Waals surface area (Å²) in [6, 6.07) is 0.561. The average molecular weight is 483 g/mol. The first-order valence-corrected chi connectivity index (χ1v) is 10.7. The number of guanidine groups is 1. The van der Waals surface area contributed by atoms with E-state index >= 15 is 0 Å². The van der Waals surface area contributed by atoms with Crippen LogP contribution in [0.5, 0.6) is 0 Å². The molecule has 2 rings (SSSR count). The zero-order valence-corrected chi connectivity index (χ0v) is 19.2. The summed E-state index contributed by atoms with van der Waals surface area (Å²) in [5, 5.41) is 8.98. The van der Waals surface area contributed by atoms with Crippen LogP contribution in [0.1, 0.15) is 48.2 Å². The summed E-state index contributed by atoms with van der Waals surface area (Å²) in [4.78, 5) is 10.6. The van der Waals surface area contributed by atoms with E-state index in [0.29, 0.717) is 6.04 Å². The Labute approximate surface area is 172 Å². The van der Waals surface area contributed by atoms with E-state index in [1.807, 2.05) is 11.8 Å². The normalized spacial score (nSPS) is 21.2. The van der Waals surface area contributed by atoms with Crippen LogP contribution in [0.4, 0.5) is 0 Å². The van der Waals surface area contributed by atoms with Crippen molar-refractivity contribution in [2.75, 3.05) is 19.3 Å². The molecule has 0 spiro atoms. The smallest absolute Gasteiger partial charge is 0.191 e. The van der Waals surface area contributed by atoms with E-state index in [-0.39, 0.29) is 24.0 Å². The van der Waals surface area contributed by atoms with Gasteiger partial charge >= 0.3 is 0 Å². The summed E-state index contributed by atoms with van der Waals surface area (Å²) in [6.07, 6.45) is 8.39. The third-order valence-electron chi connectivity index (χ3n) is 4.25. The van der Waals surface area contributed by atoms with Gasteiger partial charge in [-0.3, -0.25) is 4.99 Å². The molecule has 4 nitrogen and oxygen atoms in total. The summed E-state index contributed by atoms with van der Waals surface area (Å²) >= 11 is 3.80. The molecule has 0 amide bonds. The molecule has 2 unspecified atom stereocenters. The van der Waals surface area contributed by atoms with Gasteiger partial charge in [0.05, 0.1) is 10.7 Å². The molecule has 1 aromatic heterocycles. The first-order chi connectivity index (χ1) is 11.1. The Morgan fingerprint density at radius 1 is 1.38 bits per heavy atom. The number of halogens is 1. The first-order valence-electron chi connectivity index (χ1n) is 8.63. The molecule has 0 saturated heterocycles. The van der Waals surface area contributed by atoms with Gasteiger partial charge in [-0.1, -0.05) is 6.42 Å². The van der Waals surface area contributed by atoms with Crippen molar-refractivity contribution in [3.63, 3.8) is 0 Å². The van der Waals surface area contributed by atoms with Crippen molar-refractivity contribution in [2.45, 2.75) is 64.2 Å². The Kier molecular flexibility index (Phi) is 10.6. The fourth-order valence-electron chi connectivity index (χ4n) is 3.08. The molecular formula is C17H31IN4S2. The molecule has 0 radical (unpaired) electrons. The quantitative estimate of drug-likeness (QED) is 0.364. The van der Waals surface area contributed by atoms with Crippen LogP contribution in [0.3, 0.4) is 0 Å². The standard InChI is InChI=1S/C17H30N4S2.HI/c1-5-18-17(21-14-7-6-8-15(11-14)22-4)19-10-9-16-12(2)20-13(3)23-16;/h14-15H,5-11H2,1-4H3,(H2,18,19,21);1H. The molecule has 1 fully saturated rings. The van der Waals surface area contributed by atoms with Crippen molar-refractivity contribution >= 4 is 53.0 Å². The molecule has 2 N–H and O–H groups in total. The highest BCUT2D eigenvalue weighted by Gasteiger charge is 2.21. The van der Waals surface area contributed by atoms with E-state index in [0.717, 1.165) is 41.4 Å². The van der Waals surface area contributed by atoms with Crippen LogP contribution in [0.15, 0.2) is 4.99 Å². The summed E-state index contributed by atoms with van der Waals surface area (Å²) in [5.41, 5.74) is 1.16. The maximum atomic E-state index is 4.77. The van der Waals surface area contributed by atoms with Gasteiger partial charge in [0.2, 0.25) is 0 Å². The zero-order chi connectivity index (χ0) is 16.7. The van der Waals surface area contributed by atoms with Crippen LogP contribution in [0.2, 0.25) is 0 Å². The van der Waals surface area contributed by atoms with Crippen LogP contribution in [0.25, 0.3) is 0 Å². The molecule has 7 heteroatoms. The van der Waals surface area contributed by atoms with Crippen molar-refractivity contribution in [1.29, 1.82) is 0 Å². The van der Waals surface area contributed by atoms with Gasteiger partial charge in [0.15, 0.2) is 5.96 Å². The van der Waals surface area contributed by atoms with Crippen molar-refractivity contribution in [3.05, 3.63) is 15.6 Å². The zero-order valence-electron chi connectivity index (χ0n) is 15.2. The molecule has 1 aromatic rings. The summed E-state index contributed by atoms with van der Waals surface area (Å²) in [5.74, 6) is 0.971. The molecule has 24 heavy (non-hydrogen) atoms. The van der Waals surface area contributed by atoms with Gasteiger partial charge in [0, 0.05) is 35.7 Å². The third kappa shape index (κ3) is 7.07. The Hall–Kier alpha value is -0.0200. The molecule has 1 aliphatic carbocycles. The Morgan fingerprint density at radius 2 is 2.17 bits per heavy atom. The maximum Gasteiger partial charge on any atom is 0.191 e. The predicted molar refractivity (Wildman–Crippen MR) is 119 cm³/mol.